The van der Waals surface area contributed by atoms with Gasteiger partial charge in [0.1, 0.15) is 0 Å². The molecule has 2 heterocycles. The van der Waals surface area contributed by atoms with Crippen molar-refractivity contribution in [2.75, 3.05) is 13.1 Å². The minimum atomic E-state index is 0.218. The largest absolute Gasteiger partial charge is 0.342 e. The summed E-state index contributed by atoms with van der Waals surface area (Å²) >= 11 is 0. The third kappa shape index (κ3) is 3.63. The van der Waals surface area contributed by atoms with Crippen LogP contribution in [0.4, 0.5) is 0 Å². The fourth-order valence-corrected chi connectivity index (χ4v) is 3.67. The number of hydrogen-bond acceptors (Lipinski definition) is 4. The van der Waals surface area contributed by atoms with Crippen molar-refractivity contribution in [1.82, 2.24) is 15.0 Å². The molecule has 1 aromatic rings. The first-order valence-corrected chi connectivity index (χ1v) is 8.30. The lowest BCUT2D eigenvalue weighted by molar-refractivity contribution is -0.132. The highest BCUT2D eigenvalue weighted by molar-refractivity contribution is 5.76. The predicted octanol–water partition coefficient (Wildman–Crippen LogP) is 3.05. The number of aromatic nitrogens is 2. The number of carbonyl (C=O) groups excluding carboxylic acids is 1. The van der Waals surface area contributed by atoms with Crippen LogP contribution < -0.4 is 0 Å². The minimum absolute atomic E-state index is 0.218. The molecule has 0 bridgehead atoms. The fourth-order valence-electron chi connectivity index (χ4n) is 3.67. The topological polar surface area (TPSA) is 59.2 Å². The van der Waals surface area contributed by atoms with Gasteiger partial charge in [0.05, 0.1) is 5.92 Å². The van der Waals surface area contributed by atoms with Crippen molar-refractivity contribution >= 4 is 5.91 Å². The van der Waals surface area contributed by atoms with Gasteiger partial charge in [0, 0.05) is 19.5 Å². The van der Waals surface area contributed by atoms with Crippen molar-refractivity contribution in [3.8, 4) is 0 Å². The molecule has 1 amide bonds. The first-order chi connectivity index (χ1) is 10.2. The quantitative estimate of drug-likeness (QED) is 0.855. The Balaban J connectivity index is 1.51. The van der Waals surface area contributed by atoms with Crippen LogP contribution in [0.1, 0.15) is 69.0 Å². The third-order valence-electron chi connectivity index (χ3n) is 4.91. The standard InChI is InChI=1S/C16H25N3O2/c1-12-17-16(21-18-12)14-7-4-10-19(11-14)15(20)9-8-13-5-2-3-6-13/h13-14H,2-11H2,1H3/t14-/m1/s1. The van der Waals surface area contributed by atoms with Crippen molar-refractivity contribution in [2.24, 2.45) is 5.92 Å². The number of hydrogen-bond donors (Lipinski definition) is 0. The highest BCUT2D eigenvalue weighted by Gasteiger charge is 2.28. The Hall–Kier alpha value is -1.39. The number of rotatable bonds is 4. The SMILES string of the molecule is Cc1noc([C@@H]2CCCN(C(=O)CCC3CCCC3)C2)n1. The first kappa shape index (κ1) is 14.5. The molecule has 1 saturated heterocycles. The van der Waals surface area contributed by atoms with Crippen LogP contribution in [0.25, 0.3) is 0 Å². The van der Waals surface area contributed by atoms with Crippen molar-refractivity contribution < 1.29 is 9.32 Å². The summed E-state index contributed by atoms with van der Waals surface area (Å²) in [6.45, 7) is 3.46. The van der Waals surface area contributed by atoms with Gasteiger partial charge in [-0.3, -0.25) is 4.79 Å². The van der Waals surface area contributed by atoms with Crippen LogP contribution in [-0.2, 0) is 4.79 Å². The molecule has 0 spiro atoms. The Kier molecular flexibility index (Phi) is 4.56. The van der Waals surface area contributed by atoms with E-state index in [4.69, 9.17) is 4.52 Å². The van der Waals surface area contributed by atoms with Gasteiger partial charge in [-0.15, -0.1) is 0 Å². The zero-order valence-electron chi connectivity index (χ0n) is 12.9. The highest BCUT2D eigenvalue weighted by Crippen LogP contribution is 2.30. The van der Waals surface area contributed by atoms with E-state index in [-0.39, 0.29) is 5.92 Å². The lowest BCUT2D eigenvalue weighted by atomic mass is 9.96. The smallest absolute Gasteiger partial charge is 0.231 e. The number of likely N-dealkylation sites (tertiary alicyclic amines) is 1. The Bertz CT molecular complexity index is 480. The van der Waals surface area contributed by atoms with E-state index < -0.39 is 0 Å². The van der Waals surface area contributed by atoms with Gasteiger partial charge in [0.25, 0.3) is 0 Å². The van der Waals surface area contributed by atoms with Gasteiger partial charge in [-0.25, -0.2) is 0 Å². The molecule has 1 aliphatic carbocycles. The maximum absolute atomic E-state index is 12.4. The van der Waals surface area contributed by atoms with E-state index in [0.29, 0.717) is 24.0 Å². The summed E-state index contributed by atoms with van der Waals surface area (Å²) in [6, 6.07) is 0. The molecular formula is C16H25N3O2. The zero-order chi connectivity index (χ0) is 14.7. The summed E-state index contributed by atoms with van der Waals surface area (Å²) in [4.78, 5) is 18.7. The van der Waals surface area contributed by atoms with Crippen LogP contribution in [-0.4, -0.2) is 34.0 Å². The van der Waals surface area contributed by atoms with Gasteiger partial charge in [0.15, 0.2) is 5.82 Å². The maximum atomic E-state index is 12.4. The van der Waals surface area contributed by atoms with Gasteiger partial charge in [-0.1, -0.05) is 30.8 Å². The molecule has 0 N–H and O–H groups in total. The number of nitrogens with zero attached hydrogens (tertiary/aromatic N) is 3. The van der Waals surface area contributed by atoms with Gasteiger partial charge in [-0.2, -0.15) is 4.98 Å². The monoisotopic (exact) mass is 291 g/mol. The first-order valence-electron chi connectivity index (χ1n) is 8.30. The molecule has 1 aromatic heterocycles. The summed E-state index contributed by atoms with van der Waals surface area (Å²) in [6.07, 6.45) is 9.17. The van der Waals surface area contributed by atoms with Crippen LogP contribution >= 0.6 is 0 Å². The molecule has 1 saturated carbocycles. The maximum Gasteiger partial charge on any atom is 0.231 e. The third-order valence-corrected chi connectivity index (χ3v) is 4.91. The summed E-state index contributed by atoms with van der Waals surface area (Å²) < 4.78 is 5.27. The minimum Gasteiger partial charge on any atom is -0.342 e. The average Bonchev–Trinajstić information content (AvgIpc) is 3.16. The number of amides is 1. The molecule has 21 heavy (non-hydrogen) atoms. The Morgan fingerprint density at radius 1 is 1.29 bits per heavy atom. The van der Waals surface area contributed by atoms with Crippen molar-refractivity contribution in [3.63, 3.8) is 0 Å². The molecule has 2 aliphatic rings. The molecule has 2 fully saturated rings. The normalized spacial score (nSPS) is 23.7. The lowest BCUT2D eigenvalue weighted by Crippen LogP contribution is -2.39. The van der Waals surface area contributed by atoms with Crippen LogP contribution in [0.2, 0.25) is 0 Å². The van der Waals surface area contributed by atoms with Crippen LogP contribution in [0.5, 0.6) is 0 Å². The molecule has 5 nitrogen and oxygen atoms in total. The van der Waals surface area contributed by atoms with Gasteiger partial charge < -0.3 is 9.42 Å². The zero-order valence-corrected chi connectivity index (χ0v) is 12.9. The molecule has 0 aromatic carbocycles. The number of carbonyl (C=O) groups is 1. The summed E-state index contributed by atoms with van der Waals surface area (Å²) in [5.74, 6) is 2.68. The molecule has 1 aliphatic heterocycles. The summed E-state index contributed by atoms with van der Waals surface area (Å²) in [5, 5.41) is 3.86. The Morgan fingerprint density at radius 3 is 2.81 bits per heavy atom. The van der Waals surface area contributed by atoms with Crippen LogP contribution in [0.3, 0.4) is 0 Å². The van der Waals surface area contributed by atoms with Crippen LogP contribution in [0, 0.1) is 12.8 Å². The van der Waals surface area contributed by atoms with Gasteiger partial charge >= 0.3 is 0 Å². The average molecular weight is 291 g/mol. The van der Waals surface area contributed by atoms with Gasteiger partial charge in [-0.05, 0) is 32.1 Å². The number of piperidine rings is 1. The second-order valence-electron chi connectivity index (χ2n) is 6.55. The van der Waals surface area contributed by atoms with E-state index >= 15 is 0 Å². The van der Waals surface area contributed by atoms with Crippen LogP contribution in [0.15, 0.2) is 4.52 Å². The molecule has 0 radical (unpaired) electrons. The van der Waals surface area contributed by atoms with E-state index in [1.54, 1.807) is 0 Å². The molecular weight excluding hydrogens is 266 g/mol. The second-order valence-corrected chi connectivity index (χ2v) is 6.55. The van der Waals surface area contributed by atoms with E-state index in [1.807, 2.05) is 11.8 Å². The number of aryl methyl sites for hydroxylation is 1. The van der Waals surface area contributed by atoms with Crippen molar-refractivity contribution in [3.05, 3.63) is 11.7 Å². The van der Waals surface area contributed by atoms with Crippen molar-refractivity contribution in [2.45, 2.75) is 64.2 Å². The predicted molar refractivity (Wildman–Crippen MR) is 78.8 cm³/mol. The Morgan fingerprint density at radius 2 is 2.10 bits per heavy atom. The lowest BCUT2D eigenvalue weighted by Gasteiger charge is -2.31. The summed E-state index contributed by atoms with van der Waals surface area (Å²) in [5.41, 5.74) is 0. The molecule has 0 unspecified atom stereocenters. The van der Waals surface area contributed by atoms with E-state index in [0.717, 1.165) is 38.3 Å². The Labute approximate surface area is 126 Å². The van der Waals surface area contributed by atoms with Gasteiger partial charge in [0.2, 0.25) is 11.8 Å². The van der Waals surface area contributed by atoms with E-state index in [2.05, 4.69) is 10.1 Å². The highest BCUT2D eigenvalue weighted by atomic mass is 16.5. The molecule has 116 valence electrons. The fraction of sp³-hybridized carbons (Fsp3) is 0.812. The van der Waals surface area contributed by atoms with E-state index in [9.17, 15) is 4.79 Å². The summed E-state index contributed by atoms with van der Waals surface area (Å²) in [7, 11) is 0. The van der Waals surface area contributed by atoms with Crippen molar-refractivity contribution in [1.29, 1.82) is 0 Å². The molecule has 5 heteroatoms. The molecule has 1 atom stereocenters. The molecule has 3 rings (SSSR count). The second kappa shape index (κ2) is 6.58. The van der Waals surface area contributed by atoms with E-state index in [1.165, 1.54) is 25.7 Å².